The number of methoxy groups -OCH3 is 2. The lowest BCUT2D eigenvalue weighted by Gasteiger charge is -2.09. The summed E-state index contributed by atoms with van der Waals surface area (Å²) in [4.78, 5) is 11.5. The zero-order valence-corrected chi connectivity index (χ0v) is 16.5. The quantitative estimate of drug-likeness (QED) is 0.560. The van der Waals surface area contributed by atoms with Gasteiger partial charge in [0.25, 0.3) is 0 Å². The van der Waals surface area contributed by atoms with Gasteiger partial charge < -0.3 is 18.8 Å². The van der Waals surface area contributed by atoms with E-state index in [1.165, 1.54) is 7.11 Å². The van der Waals surface area contributed by atoms with Crippen molar-refractivity contribution in [2.45, 2.75) is 13.5 Å². The molecular weight excluding hydrogens is 398 g/mol. The van der Waals surface area contributed by atoms with E-state index in [9.17, 15) is 4.79 Å². The van der Waals surface area contributed by atoms with Crippen LogP contribution in [0, 0.1) is 6.92 Å². The average molecular weight is 418 g/mol. The van der Waals surface area contributed by atoms with Crippen molar-refractivity contribution in [1.82, 2.24) is 4.57 Å². The second-order valence-electron chi connectivity index (χ2n) is 5.85. The van der Waals surface area contributed by atoms with Gasteiger partial charge in [-0.3, -0.25) is 0 Å². The fraction of sp³-hybridized carbons (Fsp3) is 0.250. The molecule has 0 saturated carbocycles. The number of aromatic nitrogens is 1. The molecule has 0 radical (unpaired) electrons. The monoisotopic (exact) mass is 417 g/mol. The van der Waals surface area contributed by atoms with Crippen LogP contribution in [0.3, 0.4) is 0 Å². The highest BCUT2D eigenvalue weighted by Crippen LogP contribution is 2.39. The normalized spacial score (nSPS) is 10.8. The van der Waals surface area contributed by atoms with E-state index in [2.05, 4.69) is 37.4 Å². The number of nitrogens with zero attached hydrogens (tertiary/aromatic N) is 1. The number of carbonyl (C=O) groups is 1. The molecule has 0 bridgehead atoms. The third kappa shape index (κ3) is 3.55. The molecule has 0 atom stereocenters. The molecule has 0 saturated heterocycles. The van der Waals surface area contributed by atoms with Crippen LogP contribution in [-0.4, -0.2) is 31.4 Å². The Morgan fingerprint density at radius 2 is 1.85 bits per heavy atom. The molecule has 1 heterocycles. The van der Waals surface area contributed by atoms with Crippen LogP contribution < -0.4 is 9.47 Å². The molecule has 3 rings (SSSR count). The smallest absolute Gasteiger partial charge is 0.343 e. The molecular formula is C20H20BrNO4. The zero-order chi connectivity index (χ0) is 18.7. The van der Waals surface area contributed by atoms with E-state index < -0.39 is 5.97 Å². The van der Waals surface area contributed by atoms with Gasteiger partial charge in [-0.25, -0.2) is 4.79 Å². The number of hydrogen-bond donors (Lipinski definition) is 0. The van der Waals surface area contributed by atoms with Gasteiger partial charge >= 0.3 is 5.97 Å². The zero-order valence-electron chi connectivity index (χ0n) is 14.9. The first-order valence-electron chi connectivity index (χ1n) is 8.15. The number of esters is 1. The summed E-state index contributed by atoms with van der Waals surface area (Å²) in [6.07, 6.45) is 0. The molecule has 6 heteroatoms. The number of rotatable bonds is 6. The Labute approximate surface area is 160 Å². The van der Waals surface area contributed by atoms with E-state index in [0.717, 1.165) is 26.6 Å². The fourth-order valence-corrected chi connectivity index (χ4v) is 3.23. The van der Waals surface area contributed by atoms with E-state index in [1.54, 1.807) is 7.11 Å². The summed E-state index contributed by atoms with van der Waals surface area (Å²) in [5, 5.41) is 0.855. The predicted molar refractivity (Wildman–Crippen MR) is 104 cm³/mol. The van der Waals surface area contributed by atoms with Gasteiger partial charge in [0.1, 0.15) is 5.75 Å². The molecule has 3 aromatic rings. The van der Waals surface area contributed by atoms with Gasteiger partial charge in [0, 0.05) is 11.0 Å². The van der Waals surface area contributed by atoms with Crippen molar-refractivity contribution in [3.05, 3.63) is 58.2 Å². The van der Waals surface area contributed by atoms with Gasteiger partial charge in [0.05, 0.1) is 30.8 Å². The maximum absolute atomic E-state index is 11.5. The first kappa shape index (κ1) is 18.3. The first-order valence-corrected chi connectivity index (χ1v) is 8.94. The summed E-state index contributed by atoms with van der Waals surface area (Å²) in [6.45, 7) is 2.52. The molecule has 0 unspecified atom stereocenters. The molecule has 0 aliphatic rings. The van der Waals surface area contributed by atoms with Crippen LogP contribution in [0.2, 0.25) is 0 Å². The van der Waals surface area contributed by atoms with E-state index in [0.29, 0.717) is 18.0 Å². The van der Waals surface area contributed by atoms with Crippen LogP contribution in [-0.2, 0) is 16.1 Å². The Morgan fingerprint density at radius 3 is 2.50 bits per heavy atom. The van der Waals surface area contributed by atoms with E-state index >= 15 is 0 Å². The molecule has 5 nitrogen and oxygen atoms in total. The van der Waals surface area contributed by atoms with Crippen molar-refractivity contribution < 1.29 is 19.0 Å². The topological polar surface area (TPSA) is 49.7 Å². The van der Waals surface area contributed by atoms with Crippen molar-refractivity contribution in [3.63, 3.8) is 0 Å². The number of fused-ring (bicyclic) bond motifs is 1. The van der Waals surface area contributed by atoms with Crippen molar-refractivity contribution in [3.8, 4) is 11.5 Å². The SMILES string of the molecule is COC(=O)COc1c(C)n(Cc2ccc(Br)cc2)c2cccc(OC)c12. The Balaban J connectivity index is 2.09. The van der Waals surface area contributed by atoms with E-state index in [-0.39, 0.29) is 6.61 Å². The van der Waals surface area contributed by atoms with E-state index in [4.69, 9.17) is 9.47 Å². The predicted octanol–water partition coefficient (Wildman–Crippen LogP) is 4.32. The lowest BCUT2D eigenvalue weighted by atomic mass is 10.2. The maximum Gasteiger partial charge on any atom is 0.343 e. The minimum Gasteiger partial charge on any atom is -0.496 e. The summed E-state index contributed by atoms with van der Waals surface area (Å²) < 4.78 is 19.2. The Hall–Kier alpha value is -2.47. The second kappa shape index (κ2) is 7.83. The number of hydrogen-bond acceptors (Lipinski definition) is 4. The summed E-state index contributed by atoms with van der Waals surface area (Å²) in [6, 6.07) is 14.0. The third-order valence-corrected chi connectivity index (χ3v) is 4.82. The van der Waals surface area contributed by atoms with Crippen molar-refractivity contribution in [2.24, 2.45) is 0 Å². The highest BCUT2D eigenvalue weighted by Gasteiger charge is 2.20. The summed E-state index contributed by atoms with van der Waals surface area (Å²) in [7, 11) is 2.97. The standard InChI is InChI=1S/C20H20BrNO4/c1-13-20(26-12-18(23)25-3)19-16(5-4-6-17(19)24-2)22(13)11-14-7-9-15(21)10-8-14/h4-10H,11-12H2,1-3H3. The molecule has 0 fully saturated rings. The second-order valence-corrected chi connectivity index (χ2v) is 6.76. The molecule has 26 heavy (non-hydrogen) atoms. The van der Waals surface area contributed by atoms with Crippen molar-refractivity contribution in [1.29, 1.82) is 0 Å². The lowest BCUT2D eigenvalue weighted by molar-refractivity contribution is -0.142. The van der Waals surface area contributed by atoms with Gasteiger partial charge in [0.15, 0.2) is 12.4 Å². The molecule has 2 aromatic carbocycles. The maximum atomic E-state index is 11.5. The van der Waals surface area contributed by atoms with Crippen LogP contribution in [0.15, 0.2) is 46.9 Å². The summed E-state index contributed by atoms with van der Waals surface area (Å²) in [5.74, 6) is 0.924. The minimum atomic E-state index is -0.423. The van der Waals surface area contributed by atoms with Crippen LogP contribution >= 0.6 is 15.9 Å². The lowest BCUT2D eigenvalue weighted by Crippen LogP contribution is -2.13. The van der Waals surface area contributed by atoms with Gasteiger partial charge in [-0.05, 0) is 36.8 Å². The van der Waals surface area contributed by atoms with Gasteiger partial charge in [-0.15, -0.1) is 0 Å². The Morgan fingerprint density at radius 1 is 1.12 bits per heavy atom. The molecule has 0 aliphatic heterocycles. The van der Waals surface area contributed by atoms with Gasteiger partial charge in [0.2, 0.25) is 0 Å². The highest BCUT2D eigenvalue weighted by atomic mass is 79.9. The van der Waals surface area contributed by atoms with Crippen LogP contribution in [0.4, 0.5) is 0 Å². The van der Waals surface area contributed by atoms with Crippen LogP contribution in [0.25, 0.3) is 10.9 Å². The van der Waals surface area contributed by atoms with Crippen molar-refractivity contribution in [2.75, 3.05) is 20.8 Å². The molecule has 0 aliphatic carbocycles. The first-order chi connectivity index (χ1) is 12.5. The summed E-state index contributed by atoms with van der Waals surface area (Å²) >= 11 is 3.46. The number of halogens is 1. The Bertz CT molecular complexity index is 931. The molecule has 0 amide bonds. The van der Waals surface area contributed by atoms with Crippen LogP contribution in [0.5, 0.6) is 11.5 Å². The minimum absolute atomic E-state index is 0.146. The van der Waals surface area contributed by atoms with Gasteiger partial charge in [-0.1, -0.05) is 34.1 Å². The van der Waals surface area contributed by atoms with E-state index in [1.807, 2.05) is 37.3 Å². The highest BCUT2D eigenvalue weighted by molar-refractivity contribution is 9.10. The van der Waals surface area contributed by atoms with Crippen LogP contribution in [0.1, 0.15) is 11.3 Å². The van der Waals surface area contributed by atoms with Crippen molar-refractivity contribution >= 4 is 32.8 Å². The molecule has 1 aromatic heterocycles. The fourth-order valence-electron chi connectivity index (χ4n) is 2.97. The number of carbonyl (C=O) groups excluding carboxylic acids is 1. The third-order valence-electron chi connectivity index (χ3n) is 4.29. The van der Waals surface area contributed by atoms with Gasteiger partial charge in [-0.2, -0.15) is 0 Å². The largest absolute Gasteiger partial charge is 0.496 e. The molecule has 0 spiro atoms. The summed E-state index contributed by atoms with van der Waals surface area (Å²) in [5.41, 5.74) is 3.08. The number of ether oxygens (including phenoxy) is 3. The molecule has 136 valence electrons. The Kier molecular flexibility index (Phi) is 5.52. The molecule has 0 N–H and O–H groups in total. The average Bonchev–Trinajstić information content (AvgIpc) is 2.93. The number of benzene rings is 2.